The first-order valence-electron chi connectivity index (χ1n) is 7.83. The second kappa shape index (κ2) is 8.49. The minimum Gasteiger partial charge on any atom is -0.463 e. The van der Waals surface area contributed by atoms with Crippen molar-refractivity contribution in [2.75, 3.05) is 25.5 Å². The van der Waals surface area contributed by atoms with Crippen molar-refractivity contribution in [3.63, 3.8) is 0 Å². The first-order chi connectivity index (χ1) is 10.3. The number of hydrogen-bond acceptors (Lipinski definition) is 4. The van der Waals surface area contributed by atoms with Crippen LogP contribution in [0.3, 0.4) is 0 Å². The summed E-state index contributed by atoms with van der Waals surface area (Å²) >= 11 is 1.65. The molecule has 1 aliphatic rings. The maximum atomic E-state index is 12.0. The largest absolute Gasteiger partial charge is 0.463 e. The third kappa shape index (κ3) is 4.51. The zero-order chi connectivity index (χ0) is 15.1. The van der Waals surface area contributed by atoms with Crippen molar-refractivity contribution in [2.45, 2.75) is 44.9 Å². The van der Waals surface area contributed by atoms with Crippen molar-refractivity contribution in [3.8, 4) is 0 Å². The van der Waals surface area contributed by atoms with Gasteiger partial charge in [0.15, 0.2) is 0 Å². The van der Waals surface area contributed by atoms with Crippen LogP contribution in [0.15, 0.2) is 16.5 Å². The number of amides is 1. The highest BCUT2D eigenvalue weighted by atomic mass is 32.2. The molecule has 2 rings (SSSR count). The van der Waals surface area contributed by atoms with E-state index in [0.29, 0.717) is 5.75 Å². The molecule has 1 saturated heterocycles. The molecule has 1 aliphatic heterocycles. The van der Waals surface area contributed by atoms with Crippen molar-refractivity contribution < 1.29 is 13.9 Å². The Morgan fingerprint density at radius 3 is 2.86 bits per heavy atom. The first kappa shape index (κ1) is 16.4. The quantitative estimate of drug-likeness (QED) is 0.653. The Kier molecular flexibility index (Phi) is 6.64. The van der Waals surface area contributed by atoms with Gasteiger partial charge in [0.25, 0.3) is 0 Å². The summed E-state index contributed by atoms with van der Waals surface area (Å²) in [5, 5.41) is 0.0356. The standard InChI is InChI=1S/C16H25NO3S/c1-3-5-10-19-11-6-9-17-15(18)12-21-16(17)14-8-7-13(4-2)20-14/h7-8,16H,3-6,9-12H2,1-2H3. The lowest BCUT2D eigenvalue weighted by atomic mass is 10.3. The van der Waals surface area contributed by atoms with E-state index in [2.05, 4.69) is 13.8 Å². The van der Waals surface area contributed by atoms with Gasteiger partial charge >= 0.3 is 0 Å². The van der Waals surface area contributed by atoms with E-state index in [-0.39, 0.29) is 11.3 Å². The fourth-order valence-electron chi connectivity index (χ4n) is 2.33. The highest BCUT2D eigenvalue weighted by Gasteiger charge is 2.34. The summed E-state index contributed by atoms with van der Waals surface area (Å²) in [4.78, 5) is 13.9. The second-order valence-corrected chi connectivity index (χ2v) is 6.30. The topological polar surface area (TPSA) is 42.7 Å². The lowest BCUT2D eigenvalue weighted by Gasteiger charge is -2.22. The zero-order valence-electron chi connectivity index (χ0n) is 13.0. The molecule has 118 valence electrons. The summed E-state index contributed by atoms with van der Waals surface area (Å²) in [6, 6.07) is 4.00. The second-order valence-electron chi connectivity index (χ2n) is 5.23. The van der Waals surface area contributed by atoms with Crippen LogP contribution in [0.5, 0.6) is 0 Å². The average molecular weight is 311 g/mol. The van der Waals surface area contributed by atoms with Gasteiger partial charge < -0.3 is 14.1 Å². The molecule has 1 aromatic heterocycles. The molecule has 0 aliphatic carbocycles. The van der Waals surface area contributed by atoms with E-state index in [1.54, 1.807) is 11.8 Å². The van der Waals surface area contributed by atoms with Crippen molar-refractivity contribution >= 4 is 17.7 Å². The van der Waals surface area contributed by atoms with E-state index in [1.165, 1.54) is 0 Å². The Hall–Kier alpha value is -0.940. The molecule has 4 nitrogen and oxygen atoms in total. The molecule has 0 bridgehead atoms. The third-order valence-corrected chi connectivity index (χ3v) is 4.79. The maximum Gasteiger partial charge on any atom is 0.233 e. The van der Waals surface area contributed by atoms with Gasteiger partial charge in [-0.25, -0.2) is 0 Å². The van der Waals surface area contributed by atoms with E-state index in [0.717, 1.165) is 57.0 Å². The van der Waals surface area contributed by atoms with E-state index < -0.39 is 0 Å². The van der Waals surface area contributed by atoms with Crippen LogP contribution < -0.4 is 0 Å². The normalized spacial score (nSPS) is 18.7. The Balaban J connectivity index is 1.82. The lowest BCUT2D eigenvalue weighted by molar-refractivity contribution is -0.128. The monoisotopic (exact) mass is 311 g/mol. The Bertz CT molecular complexity index is 446. The van der Waals surface area contributed by atoms with E-state index >= 15 is 0 Å². The van der Waals surface area contributed by atoms with E-state index in [1.807, 2.05) is 17.0 Å². The number of nitrogens with zero attached hydrogens (tertiary/aromatic N) is 1. The Morgan fingerprint density at radius 1 is 1.33 bits per heavy atom. The molecule has 0 saturated carbocycles. The molecule has 0 aromatic carbocycles. The molecular weight excluding hydrogens is 286 g/mol. The maximum absolute atomic E-state index is 12.0. The molecule has 21 heavy (non-hydrogen) atoms. The van der Waals surface area contributed by atoms with Gasteiger partial charge in [0.2, 0.25) is 5.91 Å². The molecule has 5 heteroatoms. The van der Waals surface area contributed by atoms with Gasteiger partial charge in [-0.05, 0) is 25.0 Å². The summed E-state index contributed by atoms with van der Waals surface area (Å²) in [6.07, 6.45) is 4.03. The number of rotatable bonds is 9. The molecule has 0 N–H and O–H groups in total. The summed E-state index contributed by atoms with van der Waals surface area (Å²) in [5.74, 6) is 2.62. The fraction of sp³-hybridized carbons (Fsp3) is 0.688. The number of carbonyl (C=O) groups is 1. The Morgan fingerprint density at radius 2 is 2.14 bits per heavy atom. The van der Waals surface area contributed by atoms with Gasteiger partial charge in [0.1, 0.15) is 16.9 Å². The zero-order valence-corrected chi connectivity index (χ0v) is 13.8. The highest BCUT2D eigenvalue weighted by Crippen LogP contribution is 2.39. The van der Waals surface area contributed by atoms with Crippen LogP contribution in [0.1, 0.15) is 50.0 Å². The number of carbonyl (C=O) groups excluding carboxylic acids is 1. The number of hydrogen-bond donors (Lipinski definition) is 0. The molecule has 1 unspecified atom stereocenters. The molecule has 1 atom stereocenters. The SMILES string of the molecule is CCCCOCCCN1C(=O)CSC1c1ccc(CC)o1. The van der Waals surface area contributed by atoms with Gasteiger partial charge in [-0.3, -0.25) is 4.79 Å². The van der Waals surface area contributed by atoms with Crippen LogP contribution in [0.25, 0.3) is 0 Å². The number of ether oxygens (including phenoxy) is 1. The van der Waals surface area contributed by atoms with Gasteiger partial charge in [0.05, 0.1) is 5.75 Å². The van der Waals surface area contributed by atoms with Gasteiger partial charge in [-0.2, -0.15) is 0 Å². The number of furan rings is 1. The van der Waals surface area contributed by atoms with Gasteiger partial charge in [0, 0.05) is 26.2 Å². The van der Waals surface area contributed by atoms with E-state index in [9.17, 15) is 4.79 Å². The minimum absolute atomic E-state index is 0.0356. The molecular formula is C16H25NO3S. The Labute approximate surface area is 131 Å². The molecule has 0 radical (unpaired) electrons. The minimum atomic E-state index is 0.0356. The van der Waals surface area contributed by atoms with Crippen LogP contribution >= 0.6 is 11.8 Å². The third-order valence-electron chi connectivity index (χ3n) is 3.57. The number of aryl methyl sites for hydroxylation is 1. The highest BCUT2D eigenvalue weighted by molar-refractivity contribution is 8.00. The van der Waals surface area contributed by atoms with Crippen LogP contribution in [-0.4, -0.2) is 36.3 Å². The molecule has 2 heterocycles. The fourth-order valence-corrected chi connectivity index (χ4v) is 3.49. The van der Waals surface area contributed by atoms with Crippen LogP contribution in [0.4, 0.5) is 0 Å². The lowest BCUT2D eigenvalue weighted by Crippen LogP contribution is -2.29. The van der Waals surface area contributed by atoms with Crippen molar-refractivity contribution in [1.82, 2.24) is 4.90 Å². The number of unbranched alkanes of at least 4 members (excludes halogenated alkanes) is 1. The average Bonchev–Trinajstić information content (AvgIpc) is 3.09. The smallest absolute Gasteiger partial charge is 0.233 e. The first-order valence-corrected chi connectivity index (χ1v) is 8.88. The molecule has 1 aromatic rings. The van der Waals surface area contributed by atoms with Gasteiger partial charge in [-0.15, -0.1) is 11.8 Å². The summed E-state index contributed by atoms with van der Waals surface area (Å²) in [5.41, 5.74) is 0. The van der Waals surface area contributed by atoms with E-state index in [4.69, 9.17) is 9.15 Å². The van der Waals surface area contributed by atoms with Crippen LogP contribution in [-0.2, 0) is 16.0 Å². The van der Waals surface area contributed by atoms with Crippen LogP contribution in [0, 0.1) is 0 Å². The molecule has 0 spiro atoms. The van der Waals surface area contributed by atoms with Crippen molar-refractivity contribution in [1.29, 1.82) is 0 Å². The molecule has 1 fully saturated rings. The molecule has 1 amide bonds. The summed E-state index contributed by atoms with van der Waals surface area (Å²) in [7, 11) is 0. The summed E-state index contributed by atoms with van der Waals surface area (Å²) in [6.45, 7) is 6.51. The summed E-state index contributed by atoms with van der Waals surface area (Å²) < 4.78 is 11.4. The predicted molar refractivity (Wildman–Crippen MR) is 85.3 cm³/mol. The van der Waals surface area contributed by atoms with Gasteiger partial charge in [-0.1, -0.05) is 20.3 Å². The van der Waals surface area contributed by atoms with Crippen LogP contribution in [0.2, 0.25) is 0 Å². The van der Waals surface area contributed by atoms with Crippen molar-refractivity contribution in [2.24, 2.45) is 0 Å². The number of thioether (sulfide) groups is 1. The predicted octanol–water partition coefficient (Wildman–Crippen LogP) is 3.62. The van der Waals surface area contributed by atoms with Crippen molar-refractivity contribution in [3.05, 3.63) is 23.7 Å².